The molecule has 0 atom stereocenters. The van der Waals surface area contributed by atoms with Crippen LogP contribution < -0.4 is 5.32 Å². The van der Waals surface area contributed by atoms with Crippen molar-refractivity contribution in [3.8, 4) is 0 Å². The predicted molar refractivity (Wildman–Crippen MR) is 72.2 cm³/mol. The van der Waals surface area contributed by atoms with Crippen molar-refractivity contribution in [2.24, 2.45) is 0 Å². The Morgan fingerprint density at radius 3 is 2.61 bits per heavy atom. The van der Waals surface area contributed by atoms with Gasteiger partial charge in [0.15, 0.2) is 0 Å². The Morgan fingerprint density at radius 1 is 1.28 bits per heavy atom. The van der Waals surface area contributed by atoms with Crippen LogP contribution >= 0.6 is 11.6 Å². The number of carbonyl (C=O) groups excluding carboxylic acids is 1. The van der Waals surface area contributed by atoms with Crippen molar-refractivity contribution >= 4 is 23.2 Å². The zero-order chi connectivity index (χ0) is 13.2. The quantitative estimate of drug-likeness (QED) is 0.582. The molecule has 1 amide bonds. The first-order valence-electron chi connectivity index (χ1n) is 5.77. The Bertz CT molecular complexity index is 354. The minimum absolute atomic E-state index is 0.0345. The van der Waals surface area contributed by atoms with Gasteiger partial charge in [-0.1, -0.05) is 12.1 Å². The zero-order valence-corrected chi connectivity index (χ0v) is 11.2. The Balaban J connectivity index is 2.30. The van der Waals surface area contributed by atoms with Gasteiger partial charge in [0, 0.05) is 18.7 Å². The van der Waals surface area contributed by atoms with Crippen LogP contribution in [0.3, 0.4) is 0 Å². The van der Waals surface area contributed by atoms with Crippen molar-refractivity contribution in [3.63, 3.8) is 0 Å². The molecule has 0 bridgehead atoms. The van der Waals surface area contributed by atoms with E-state index in [4.69, 9.17) is 21.1 Å². The van der Waals surface area contributed by atoms with E-state index in [9.17, 15) is 4.79 Å². The molecule has 0 fully saturated rings. The summed E-state index contributed by atoms with van der Waals surface area (Å²) >= 11 is 5.65. The summed E-state index contributed by atoms with van der Waals surface area (Å²) in [6.45, 7) is 0.936. The first-order valence-corrected chi connectivity index (χ1v) is 6.31. The van der Waals surface area contributed by atoms with E-state index >= 15 is 0 Å². The number of nitrogens with one attached hydrogen (secondary N) is 1. The van der Waals surface area contributed by atoms with E-state index in [0.29, 0.717) is 19.1 Å². The second-order valence-corrected chi connectivity index (χ2v) is 4.11. The number of benzene rings is 1. The molecule has 0 unspecified atom stereocenters. The largest absolute Gasteiger partial charge is 0.382 e. The lowest BCUT2D eigenvalue weighted by Crippen LogP contribution is -2.19. The molecule has 0 heterocycles. The Hall–Kier alpha value is -1.10. The standard InChI is InChI=1S/C13H18ClNO3/c1-17-8-9-18-10-13(16)15-12-4-2-11(3-5-12)6-7-14/h2-5H,6-10H2,1H3,(H,15,16). The number of carbonyl (C=O) groups is 1. The molecule has 0 radical (unpaired) electrons. The number of hydrogen-bond donors (Lipinski definition) is 1. The molecule has 0 saturated carbocycles. The summed E-state index contributed by atoms with van der Waals surface area (Å²) in [7, 11) is 1.59. The van der Waals surface area contributed by atoms with Crippen molar-refractivity contribution < 1.29 is 14.3 Å². The Kier molecular flexibility index (Phi) is 7.41. The average molecular weight is 272 g/mol. The molecule has 0 aromatic heterocycles. The van der Waals surface area contributed by atoms with E-state index in [-0.39, 0.29) is 12.5 Å². The molecule has 18 heavy (non-hydrogen) atoms. The van der Waals surface area contributed by atoms with Crippen molar-refractivity contribution in [2.45, 2.75) is 6.42 Å². The van der Waals surface area contributed by atoms with Crippen LogP contribution in [0.1, 0.15) is 5.56 Å². The lowest BCUT2D eigenvalue weighted by molar-refractivity contribution is -0.121. The number of anilines is 1. The minimum Gasteiger partial charge on any atom is -0.382 e. The van der Waals surface area contributed by atoms with Crippen molar-refractivity contribution in [2.75, 3.05) is 38.1 Å². The molecule has 1 N–H and O–H groups in total. The minimum atomic E-state index is -0.170. The van der Waals surface area contributed by atoms with Crippen molar-refractivity contribution in [1.29, 1.82) is 0 Å². The van der Waals surface area contributed by atoms with E-state index in [1.807, 2.05) is 24.3 Å². The van der Waals surface area contributed by atoms with Gasteiger partial charge in [0.1, 0.15) is 6.61 Å². The molecule has 0 aliphatic heterocycles. The zero-order valence-electron chi connectivity index (χ0n) is 10.4. The van der Waals surface area contributed by atoms with Gasteiger partial charge in [-0.2, -0.15) is 0 Å². The third-order valence-electron chi connectivity index (χ3n) is 2.29. The molecule has 4 nitrogen and oxygen atoms in total. The molecule has 0 aliphatic rings. The van der Waals surface area contributed by atoms with E-state index in [0.717, 1.165) is 17.7 Å². The van der Waals surface area contributed by atoms with Gasteiger partial charge in [-0.3, -0.25) is 4.79 Å². The number of rotatable bonds is 8. The normalized spacial score (nSPS) is 10.3. The number of alkyl halides is 1. The van der Waals surface area contributed by atoms with Crippen LogP contribution in [0.15, 0.2) is 24.3 Å². The van der Waals surface area contributed by atoms with Gasteiger partial charge in [-0.25, -0.2) is 0 Å². The monoisotopic (exact) mass is 271 g/mol. The number of ether oxygens (including phenoxy) is 2. The second-order valence-electron chi connectivity index (χ2n) is 3.73. The Labute approximate surface area is 112 Å². The molecule has 0 aliphatic carbocycles. The third-order valence-corrected chi connectivity index (χ3v) is 2.47. The van der Waals surface area contributed by atoms with Crippen LogP contribution in [0.5, 0.6) is 0 Å². The van der Waals surface area contributed by atoms with Crippen LogP contribution in [0.4, 0.5) is 5.69 Å². The number of halogens is 1. The van der Waals surface area contributed by atoms with Gasteiger partial charge in [-0.05, 0) is 24.1 Å². The molecule has 1 aromatic carbocycles. The van der Waals surface area contributed by atoms with Crippen molar-refractivity contribution in [3.05, 3.63) is 29.8 Å². The predicted octanol–water partition coefficient (Wildman–Crippen LogP) is 2.07. The van der Waals surface area contributed by atoms with Crippen LogP contribution in [0.25, 0.3) is 0 Å². The van der Waals surface area contributed by atoms with Gasteiger partial charge >= 0.3 is 0 Å². The lowest BCUT2D eigenvalue weighted by Gasteiger charge is -2.06. The summed E-state index contributed by atoms with van der Waals surface area (Å²) < 4.78 is 9.93. The summed E-state index contributed by atoms with van der Waals surface area (Å²) in [6.07, 6.45) is 0.829. The first kappa shape index (κ1) is 15.0. The molecular weight excluding hydrogens is 254 g/mol. The Morgan fingerprint density at radius 2 is 2.00 bits per heavy atom. The highest BCUT2D eigenvalue weighted by Crippen LogP contribution is 2.10. The molecule has 5 heteroatoms. The molecule has 100 valence electrons. The fourth-order valence-corrected chi connectivity index (χ4v) is 1.59. The van der Waals surface area contributed by atoms with E-state index in [1.54, 1.807) is 7.11 Å². The van der Waals surface area contributed by atoms with Gasteiger partial charge in [-0.15, -0.1) is 11.6 Å². The summed E-state index contributed by atoms with van der Waals surface area (Å²) in [4.78, 5) is 11.5. The third kappa shape index (κ3) is 6.00. The average Bonchev–Trinajstić information content (AvgIpc) is 2.37. The van der Waals surface area contributed by atoms with Gasteiger partial charge < -0.3 is 14.8 Å². The van der Waals surface area contributed by atoms with Crippen LogP contribution in [-0.4, -0.2) is 38.7 Å². The van der Waals surface area contributed by atoms with Gasteiger partial charge in [0.25, 0.3) is 0 Å². The second kappa shape index (κ2) is 8.91. The van der Waals surface area contributed by atoms with Crippen molar-refractivity contribution in [1.82, 2.24) is 0 Å². The molecule has 0 saturated heterocycles. The summed E-state index contributed by atoms with van der Waals surface area (Å²) in [5.41, 5.74) is 1.91. The highest BCUT2D eigenvalue weighted by molar-refractivity contribution is 6.17. The van der Waals surface area contributed by atoms with E-state index < -0.39 is 0 Å². The fourth-order valence-electron chi connectivity index (χ4n) is 1.37. The first-order chi connectivity index (χ1) is 8.76. The summed E-state index contributed by atoms with van der Waals surface area (Å²) in [6, 6.07) is 7.61. The number of methoxy groups -OCH3 is 1. The lowest BCUT2D eigenvalue weighted by atomic mass is 10.1. The molecule has 0 spiro atoms. The smallest absolute Gasteiger partial charge is 0.250 e. The summed E-state index contributed by atoms with van der Waals surface area (Å²) in [5, 5.41) is 2.75. The molecule has 1 aromatic rings. The molecular formula is C13H18ClNO3. The van der Waals surface area contributed by atoms with Crippen LogP contribution in [0, 0.1) is 0 Å². The van der Waals surface area contributed by atoms with Gasteiger partial charge in [0.2, 0.25) is 5.91 Å². The van der Waals surface area contributed by atoms with Gasteiger partial charge in [0.05, 0.1) is 13.2 Å². The highest BCUT2D eigenvalue weighted by atomic mass is 35.5. The maximum atomic E-state index is 11.5. The van der Waals surface area contributed by atoms with E-state index in [1.165, 1.54) is 0 Å². The number of amides is 1. The number of hydrogen-bond acceptors (Lipinski definition) is 3. The molecule has 1 rings (SSSR count). The fraction of sp³-hybridized carbons (Fsp3) is 0.462. The maximum absolute atomic E-state index is 11.5. The topological polar surface area (TPSA) is 47.6 Å². The van der Waals surface area contributed by atoms with Crippen LogP contribution in [0.2, 0.25) is 0 Å². The summed E-state index contributed by atoms with van der Waals surface area (Å²) in [5.74, 6) is 0.426. The van der Waals surface area contributed by atoms with E-state index in [2.05, 4.69) is 5.32 Å². The SMILES string of the molecule is COCCOCC(=O)Nc1ccc(CCCl)cc1. The highest BCUT2D eigenvalue weighted by Gasteiger charge is 2.02. The van der Waals surface area contributed by atoms with Crippen LogP contribution in [-0.2, 0) is 20.7 Å². The number of aryl methyl sites for hydroxylation is 1. The maximum Gasteiger partial charge on any atom is 0.250 e.